The Morgan fingerprint density at radius 1 is 1.00 bits per heavy atom. The lowest BCUT2D eigenvalue weighted by Gasteiger charge is -2.18. The highest BCUT2D eigenvalue weighted by molar-refractivity contribution is 5.94. The number of para-hydroxylation sites is 1. The fourth-order valence-corrected chi connectivity index (χ4v) is 2.49. The molecule has 0 fully saturated rings. The Bertz CT molecular complexity index is 889. The Labute approximate surface area is 148 Å². The van der Waals surface area contributed by atoms with Crippen LogP contribution >= 0.6 is 0 Å². The van der Waals surface area contributed by atoms with E-state index in [9.17, 15) is 4.79 Å². The third-order valence-electron chi connectivity index (χ3n) is 3.95. The lowest BCUT2D eigenvalue weighted by Crippen LogP contribution is -2.28. The van der Waals surface area contributed by atoms with Gasteiger partial charge in [-0.2, -0.15) is 5.10 Å². The molecule has 4 heteroatoms. The van der Waals surface area contributed by atoms with E-state index in [-0.39, 0.29) is 5.91 Å². The topological polar surface area (TPSA) is 46.9 Å². The molecule has 2 aromatic carbocycles. The van der Waals surface area contributed by atoms with Gasteiger partial charge in [-0.3, -0.25) is 4.79 Å². The van der Waals surface area contributed by atoms with Gasteiger partial charge in [-0.05, 0) is 25.1 Å². The SMILES string of the molecule is Cc1cccc(-c2cc(NC(=O)C(C)(C)C)n(-c3ccccc3)n2)c1. The van der Waals surface area contributed by atoms with Crippen molar-refractivity contribution in [3.05, 3.63) is 66.2 Å². The normalized spacial score (nSPS) is 11.4. The molecule has 0 saturated carbocycles. The Morgan fingerprint density at radius 3 is 2.36 bits per heavy atom. The summed E-state index contributed by atoms with van der Waals surface area (Å²) in [7, 11) is 0. The minimum Gasteiger partial charge on any atom is -0.310 e. The number of benzene rings is 2. The van der Waals surface area contributed by atoms with Gasteiger partial charge >= 0.3 is 0 Å². The van der Waals surface area contributed by atoms with E-state index >= 15 is 0 Å². The Balaban J connectivity index is 2.07. The molecule has 3 rings (SSSR count). The van der Waals surface area contributed by atoms with E-state index in [1.54, 1.807) is 4.68 Å². The highest BCUT2D eigenvalue weighted by Crippen LogP contribution is 2.27. The number of carbonyl (C=O) groups excluding carboxylic acids is 1. The average Bonchev–Trinajstić information content (AvgIpc) is 2.99. The summed E-state index contributed by atoms with van der Waals surface area (Å²) in [4.78, 5) is 12.5. The standard InChI is InChI=1S/C21H23N3O/c1-15-9-8-10-16(13-15)18-14-19(22-20(25)21(2,3)4)24(23-18)17-11-6-5-7-12-17/h5-14H,1-4H3,(H,22,25). The predicted molar refractivity (Wildman–Crippen MR) is 102 cm³/mol. The third kappa shape index (κ3) is 3.79. The smallest absolute Gasteiger partial charge is 0.230 e. The monoisotopic (exact) mass is 333 g/mol. The number of amides is 1. The van der Waals surface area contributed by atoms with Crippen LogP contribution in [-0.4, -0.2) is 15.7 Å². The Hall–Kier alpha value is -2.88. The molecule has 0 bridgehead atoms. The van der Waals surface area contributed by atoms with Gasteiger partial charge in [-0.15, -0.1) is 0 Å². The van der Waals surface area contributed by atoms with Gasteiger partial charge < -0.3 is 5.32 Å². The van der Waals surface area contributed by atoms with Gasteiger partial charge in [0.05, 0.1) is 11.4 Å². The first kappa shape index (κ1) is 17.0. The molecule has 0 radical (unpaired) electrons. The second-order valence-electron chi connectivity index (χ2n) is 7.24. The number of nitrogens with zero attached hydrogens (tertiary/aromatic N) is 2. The van der Waals surface area contributed by atoms with Gasteiger partial charge in [-0.1, -0.05) is 62.7 Å². The van der Waals surface area contributed by atoms with Crippen LogP contribution in [0.2, 0.25) is 0 Å². The van der Waals surface area contributed by atoms with Crippen LogP contribution in [0.3, 0.4) is 0 Å². The number of hydrogen-bond donors (Lipinski definition) is 1. The van der Waals surface area contributed by atoms with Crippen LogP contribution < -0.4 is 5.32 Å². The van der Waals surface area contributed by atoms with Crippen molar-refractivity contribution in [1.82, 2.24) is 9.78 Å². The van der Waals surface area contributed by atoms with Gasteiger partial charge in [0, 0.05) is 17.0 Å². The summed E-state index contributed by atoms with van der Waals surface area (Å²) in [5.41, 5.74) is 3.46. The average molecular weight is 333 g/mol. The van der Waals surface area contributed by atoms with Crippen LogP contribution in [0.1, 0.15) is 26.3 Å². The van der Waals surface area contributed by atoms with E-state index in [1.807, 2.05) is 69.3 Å². The van der Waals surface area contributed by atoms with Crippen molar-refractivity contribution in [2.75, 3.05) is 5.32 Å². The van der Waals surface area contributed by atoms with E-state index < -0.39 is 5.41 Å². The highest BCUT2D eigenvalue weighted by atomic mass is 16.2. The fourth-order valence-electron chi connectivity index (χ4n) is 2.49. The van der Waals surface area contributed by atoms with Crippen molar-refractivity contribution in [2.24, 2.45) is 5.41 Å². The quantitative estimate of drug-likeness (QED) is 0.746. The zero-order chi connectivity index (χ0) is 18.0. The summed E-state index contributed by atoms with van der Waals surface area (Å²) in [6.07, 6.45) is 0. The van der Waals surface area contributed by atoms with Crippen molar-refractivity contribution < 1.29 is 4.79 Å². The van der Waals surface area contributed by atoms with Gasteiger partial charge in [0.15, 0.2) is 0 Å². The maximum Gasteiger partial charge on any atom is 0.230 e. The van der Waals surface area contributed by atoms with E-state index in [0.717, 1.165) is 16.9 Å². The molecule has 1 aromatic heterocycles. The van der Waals surface area contributed by atoms with Gasteiger partial charge in [0.1, 0.15) is 5.82 Å². The van der Waals surface area contributed by atoms with Crippen LogP contribution in [0, 0.1) is 12.3 Å². The first-order chi connectivity index (χ1) is 11.8. The summed E-state index contributed by atoms with van der Waals surface area (Å²) in [6, 6.07) is 19.9. The van der Waals surface area contributed by atoms with Gasteiger partial charge in [0.25, 0.3) is 0 Å². The van der Waals surface area contributed by atoms with E-state index in [0.29, 0.717) is 5.82 Å². The lowest BCUT2D eigenvalue weighted by molar-refractivity contribution is -0.123. The number of aromatic nitrogens is 2. The molecular formula is C21H23N3O. The zero-order valence-corrected chi connectivity index (χ0v) is 15.1. The Kier molecular flexibility index (Phi) is 4.45. The zero-order valence-electron chi connectivity index (χ0n) is 15.1. The molecule has 0 unspecified atom stereocenters. The molecule has 1 amide bonds. The van der Waals surface area contributed by atoms with Crippen LogP contribution in [0.15, 0.2) is 60.7 Å². The summed E-state index contributed by atoms with van der Waals surface area (Å²) in [6.45, 7) is 7.74. The molecule has 1 heterocycles. The summed E-state index contributed by atoms with van der Waals surface area (Å²) >= 11 is 0. The maximum atomic E-state index is 12.5. The first-order valence-corrected chi connectivity index (χ1v) is 8.38. The van der Waals surface area contributed by atoms with Crippen molar-refractivity contribution in [3.8, 4) is 16.9 Å². The number of aryl methyl sites for hydroxylation is 1. The molecule has 0 spiro atoms. The van der Waals surface area contributed by atoms with Crippen LogP contribution in [0.4, 0.5) is 5.82 Å². The molecule has 4 nitrogen and oxygen atoms in total. The second kappa shape index (κ2) is 6.55. The molecule has 0 aliphatic carbocycles. The number of nitrogens with one attached hydrogen (secondary N) is 1. The molecule has 25 heavy (non-hydrogen) atoms. The maximum absolute atomic E-state index is 12.5. The first-order valence-electron chi connectivity index (χ1n) is 8.38. The predicted octanol–water partition coefficient (Wildman–Crippen LogP) is 4.83. The molecule has 0 aliphatic rings. The van der Waals surface area contributed by atoms with Crippen molar-refractivity contribution in [3.63, 3.8) is 0 Å². The van der Waals surface area contributed by atoms with Gasteiger partial charge in [-0.25, -0.2) is 4.68 Å². The highest BCUT2D eigenvalue weighted by Gasteiger charge is 2.23. The fraction of sp³-hybridized carbons (Fsp3) is 0.238. The van der Waals surface area contributed by atoms with Gasteiger partial charge in [0.2, 0.25) is 5.91 Å². The summed E-state index contributed by atoms with van der Waals surface area (Å²) in [5, 5.41) is 7.74. The summed E-state index contributed by atoms with van der Waals surface area (Å²) in [5.74, 6) is 0.628. The third-order valence-corrected chi connectivity index (χ3v) is 3.95. The molecular weight excluding hydrogens is 310 g/mol. The van der Waals surface area contributed by atoms with Crippen molar-refractivity contribution in [1.29, 1.82) is 0 Å². The number of carbonyl (C=O) groups is 1. The lowest BCUT2D eigenvalue weighted by atomic mass is 9.96. The molecule has 128 valence electrons. The van der Waals surface area contributed by atoms with E-state index in [4.69, 9.17) is 5.10 Å². The van der Waals surface area contributed by atoms with Crippen molar-refractivity contribution in [2.45, 2.75) is 27.7 Å². The van der Waals surface area contributed by atoms with E-state index in [1.165, 1.54) is 5.56 Å². The second-order valence-corrected chi connectivity index (χ2v) is 7.24. The number of anilines is 1. The number of hydrogen-bond acceptors (Lipinski definition) is 2. The molecule has 0 saturated heterocycles. The molecule has 0 aliphatic heterocycles. The molecule has 0 atom stereocenters. The van der Waals surface area contributed by atoms with Crippen LogP contribution in [-0.2, 0) is 4.79 Å². The van der Waals surface area contributed by atoms with E-state index in [2.05, 4.69) is 24.4 Å². The minimum absolute atomic E-state index is 0.0413. The largest absolute Gasteiger partial charge is 0.310 e. The van der Waals surface area contributed by atoms with Crippen molar-refractivity contribution >= 4 is 11.7 Å². The molecule has 3 aromatic rings. The Morgan fingerprint density at radius 2 is 1.72 bits per heavy atom. The van der Waals surface area contributed by atoms with Crippen LogP contribution in [0.5, 0.6) is 0 Å². The number of rotatable bonds is 3. The minimum atomic E-state index is -0.477. The molecule has 1 N–H and O–H groups in total. The van der Waals surface area contributed by atoms with Crippen LogP contribution in [0.25, 0.3) is 16.9 Å². The summed E-state index contributed by atoms with van der Waals surface area (Å²) < 4.78 is 1.78.